The third-order valence-electron chi connectivity index (χ3n) is 5.52. The van der Waals surface area contributed by atoms with E-state index in [1.54, 1.807) is 7.11 Å². The molecular weight excluding hydrogens is 328 g/mol. The van der Waals surface area contributed by atoms with Crippen LogP contribution in [0.2, 0.25) is 0 Å². The molecule has 5 heteroatoms. The molecule has 2 heterocycles. The number of amides is 2. The fourth-order valence-electron chi connectivity index (χ4n) is 4.00. The molecule has 2 aromatic carbocycles. The smallest absolute Gasteiger partial charge is 0.237 e. The average molecular weight is 350 g/mol. The lowest BCUT2D eigenvalue weighted by atomic mass is 9.81. The number of carbonyl (C=O) groups is 2. The molecule has 0 aliphatic carbocycles. The van der Waals surface area contributed by atoms with Gasteiger partial charge in [0.15, 0.2) is 0 Å². The van der Waals surface area contributed by atoms with E-state index < -0.39 is 5.41 Å². The Kier molecular flexibility index (Phi) is 4.15. The summed E-state index contributed by atoms with van der Waals surface area (Å²) in [4.78, 5) is 27.2. The second-order valence-corrected chi connectivity index (χ2v) is 7.00. The standard InChI is InChI=1S/C21H22N2O3/c1-26-16-8-9-18-17(13-16)21(20(25)22-18)11-12-23(14-21)19(24)10-7-15-5-3-2-4-6-15/h2-6,8-9,13H,7,10-12,14H2,1H3,(H,22,25)/t21-/m1/s1. The van der Waals surface area contributed by atoms with Gasteiger partial charge in [0, 0.05) is 25.2 Å². The van der Waals surface area contributed by atoms with Crippen molar-refractivity contribution in [2.75, 3.05) is 25.5 Å². The first-order valence-electron chi connectivity index (χ1n) is 8.94. The number of fused-ring (bicyclic) bond motifs is 2. The molecule has 0 radical (unpaired) electrons. The van der Waals surface area contributed by atoms with Crippen molar-refractivity contribution in [3.05, 3.63) is 59.7 Å². The normalized spacial score (nSPS) is 21.0. The van der Waals surface area contributed by atoms with Crippen LogP contribution in [0.1, 0.15) is 24.0 Å². The number of nitrogens with one attached hydrogen (secondary N) is 1. The summed E-state index contributed by atoms with van der Waals surface area (Å²) in [7, 11) is 1.62. The van der Waals surface area contributed by atoms with E-state index in [-0.39, 0.29) is 11.8 Å². The van der Waals surface area contributed by atoms with Gasteiger partial charge >= 0.3 is 0 Å². The van der Waals surface area contributed by atoms with E-state index in [9.17, 15) is 9.59 Å². The number of likely N-dealkylation sites (tertiary alicyclic amines) is 1. The second-order valence-electron chi connectivity index (χ2n) is 7.00. The summed E-state index contributed by atoms with van der Waals surface area (Å²) >= 11 is 0. The number of carbonyl (C=O) groups excluding carboxylic acids is 2. The van der Waals surface area contributed by atoms with Gasteiger partial charge in [-0.05, 0) is 42.2 Å². The van der Waals surface area contributed by atoms with Crippen molar-refractivity contribution in [2.45, 2.75) is 24.7 Å². The van der Waals surface area contributed by atoms with Crippen LogP contribution < -0.4 is 10.1 Å². The lowest BCUT2D eigenvalue weighted by molar-refractivity contribution is -0.130. The van der Waals surface area contributed by atoms with E-state index in [2.05, 4.69) is 5.32 Å². The highest BCUT2D eigenvalue weighted by Gasteiger charge is 2.52. The van der Waals surface area contributed by atoms with Crippen molar-refractivity contribution in [1.82, 2.24) is 4.90 Å². The van der Waals surface area contributed by atoms with Crippen LogP contribution in [0.3, 0.4) is 0 Å². The summed E-state index contributed by atoms with van der Waals surface area (Å²) in [6.07, 6.45) is 1.84. The summed E-state index contributed by atoms with van der Waals surface area (Å²) in [5.41, 5.74) is 2.28. The quantitative estimate of drug-likeness (QED) is 0.922. The van der Waals surface area contributed by atoms with E-state index in [1.165, 1.54) is 0 Å². The van der Waals surface area contributed by atoms with Crippen LogP contribution in [0.25, 0.3) is 0 Å². The van der Waals surface area contributed by atoms with Gasteiger partial charge in [-0.2, -0.15) is 0 Å². The minimum Gasteiger partial charge on any atom is -0.497 e. The topological polar surface area (TPSA) is 58.6 Å². The van der Waals surface area contributed by atoms with Crippen LogP contribution in [0.15, 0.2) is 48.5 Å². The van der Waals surface area contributed by atoms with E-state index in [4.69, 9.17) is 4.74 Å². The maximum absolute atomic E-state index is 12.7. The number of methoxy groups -OCH3 is 1. The van der Waals surface area contributed by atoms with Crippen LogP contribution in [0, 0.1) is 0 Å². The third kappa shape index (κ3) is 2.73. The molecule has 1 N–H and O–H groups in total. The number of hydrogen-bond donors (Lipinski definition) is 1. The lowest BCUT2D eigenvalue weighted by Gasteiger charge is -2.23. The van der Waals surface area contributed by atoms with Crippen molar-refractivity contribution in [2.24, 2.45) is 0 Å². The molecule has 2 aromatic rings. The fourth-order valence-corrected chi connectivity index (χ4v) is 4.00. The summed E-state index contributed by atoms with van der Waals surface area (Å²) in [5, 5.41) is 2.97. The van der Waals surface area contributed by atoms with Crippen LogP contribution in [-0.4, -0.2) is 36.9 Å². The Labute approximate surface area is 153 Å². The molecule has 134 valence electrons. The summed E-state index contributed by atoms with van der Waals surface area (Å²) in [6, 6.07) is 15.6. The Balaban J connectivity index is 1.50. The zero-order valence-electron chi connectivity index (χ0n) is 14.8. The average Bonchev–Trinajstić information content (AvgIpc) is 3.24. The number of nitrogens with zero attached hydrogens (tertiary/aromatic N) is 1. The second kappa shape index (κ2) is 6.48. The number of anilines is 1. The van der Waals surface area contributed by atoms with Crippen molar-refractivity contribution >= 4 is 17.5 Å². The first-order valence-corrected chi connectivity index (χ1v) is 8.94. The number of benzene rings is 2. The Morgan fingerprint density at radius 2 is 2.04 bits per heavy atom. The summed E-state index contributed by atoms with van der Waals surface area (Å²) in [6.45, 7) is 1.05. The molecule has 0 aromatic heterocycles. The number of ether oxygens (including phenoxy) is 1. The molecule has 0 bridgehead atoms. The van der Waals surface area contributed by atoms with E-state index >= 15 is 0 Å². The molecule has 5 nitrogen and oxygen atoms in total. The van der Waals surface area contributed by atoms with Gasteiger partial charge in [0.05, 0.1) is 12.5 Å². The Morgan fingerprint density at radius 1 is 1.23 bits per heavy atom. The number of aryl methyl sites for hydroxylation is 1. The van der Waals surface area contributed by atoms with Crippen molar-refractivity contribution in [3.8, 4) is 5.75 Å². The largest absolute Gasteiger partial charge is 0.497 e. The van der Waals surface area contributed by atoms with Gasteiger partial charge in [-0.3, -0.25) is 9.59 Å². The molecule has 1 spiro atoms. The zero-order valence-corrected chi connectivity index (χ0v) is 14.8. The van der Waals surface area contributed by atoms with Crippen molar-refractivity contribution in [3.63, 3.8) is 0 Å². The zero-order chi connectivity index (χ0) is 18.1. The minimum atomic E-state index is -0.647. The first-order chi connectivity index (χ1) is 12.6. The molecule has 26 heavy (non-hydrogen) atoms. The minimum absolute atomic E-state index is 0.0147. The van der Waals surface area contributed by atoms with Gasteiger partial charge in [-0.25, -0.2) is 0 Å². The highest BCUT2D eigenvalue weighted by molar-refractivity contribution is 6.07. The number of rotatable bonds is 4. The molecule has 1 atom stereocenters. The van der Waals surface area contributed by atoms with E-state index in [0.717, 1.165) is 29.0 Å². The molecule has 2 aliphatic heterocycles. The maximum atomic E-state index is 12.7. The maximum Gasteiger partial charge on any atom is 0.237 e. The molecule has 0 unspecified atom stereocenters. The predicted octanol–water partition coefficient (Wildman–Crippen LogP) is 2.75. The van der Waals surface area contributed by atoms with Gasteiger partial charge in [0.1, 0.15) is 5.75 Å². The SMILES string of the molecule is COc1ccc2c(c1)[C@]1(CCN(C(=O)CCc3ccccc3)C1)C(=O)N2. The first kappa shape index (κ1) is 16.6. The van der Waals surface area contributed by atoms with Gasteiger partial charge in [0.2, 0.25) is 11.8 Å². The monoisotopic (exact) mass is 350 g/mol. The summed E-state index contributed by atoms with van der Waals surface area (Å²) < 4.78 is 5.32. The molecule has 2 amide bonds. The van der Waals surface area contributed by atoms with Gasteiger partial charge < -0.3 is 15.0 Å². The molecule has 2 aliphatic rings. The molecule has 4 rings (SSSR count). The fraction of sp³-hybridized carbons (Fsp3) is 0.333. The molecular formula is C21H22N2O3. The van der Waals surface area contributed by atoms with Gasteiger partial charge in [-0.15, -0.1) is 0 Å². The van der Waals surface area contributed by atoms with Crippen molar-refractivity contribution in [1.29, 1.82) is 0 Å². The summed E-state index contributed by atoms with van der Waals surface area (Å²) in [5.74, 6) is 0.822. The highest BCUT2D eigenvalue weighted by atomic mass is 16.5. The van der Waals surface area contributed by atoms with E-state index in [0.29, 0.717) is 25.9 Å². The van der Waals surface area contributed by atoms with Crippen LogP contribution in [0.5, 0.6) is 5.75 Å². The molecule has 1 fully saturated rings. The Morgan fingerprint density at radius 3 is 2.81 bits per heavy atom. The predicted molar refractivity (Wildman–Crippen MR) is 99.3 cm³/mol. The van der Waals surface area contributed by atoms with Crippen LogP contribution in [0.4, 0.5) is 5.69 Å². The Hall–Kier alpha value is -2.82. The molecule has 0 saturated carbocycles. The van der Waals surface area contributed by atoms with Crippen LogP contribution in [-0.2, 0) is 21.4 Å². The van der Waals surface area contributed by atoms with Gasteiger partial charge in [0.25, 0.3) is 0 Å². The molecule has 1 saturated heterocycles. The van der Waals surface area contributed by atoms with Crippen LogP contribution >= 0.6 is 0 Å². The van der Waals surface area contributed by atoms with Crippen molar-refractivity contribution < 1.29 is 14.3 Å². The lowest BCUT2D eigenvalue weighted by Crippen LogP contribution is -2.39. The number of hydrogen-bond acceptors (Lipinski definition) is 3. The highest BCUT2D eigenvalue weighted by Crippen LogP contribution is 2.45. The van der Waals surface area contributed by atoms with E-state index in [1.807, 2.05) is 53.4 Å². The van der Waals surface area contributed by atoms with Gasteiger partial charge in [-0.1, -0.05) is 30.3 Å². The Bertz CT molecular complexity index is 850. The third-order valence-corrected chi connectivity index (χ3v) is 5.52.